The number of alkyl halides is 3. The van der Waals surface area contributed by atoms with Crippen LogP contribution in [0.1, 0.15) is 54.6 Å². The zero-order valence-electron chi connectivity index (χ0n) is 21.9. The van der Waals surface area contributed by atoms with Crippen LogP contribution in [0.3, 0.4) is 0 Å². The van der Waals surface area contributed by atoms with E-state index in [-0.39, 0.29) is 42.3 Å². The third-order valence-corrected chi connectivity index (χ3v) is 8.00. The highest BCUT2D eigenvalue weighted by atomic mass is 35.5. The second kappa shape index (κ2) is 11.0. The molecule has 1 unspecified atom stereocenters. The first-order valence-electron chi connectivity index (χ1n) is 13.2. The van der Waals surface area contributed by atoms with Gasteiger partial charge in [0.15, 0.2) is 0 Å². The molecule has 0 spiro atoms. The van der Waals surface area contributed by atoms with Crippen LogP contribution in [0.2, 0.25) is 0 Å². The minimum absolute atomic E-state index is 0. The number of halogens is 5. The van der Waals surface area contributed by atoms with Crippen LogP contribution < -0.4 is 10.2 Å². The number of piperidine rings is 2. The molecule has 1 atom stereocenters. The van der Waals surface area contributed by atoms with Crippen LogP contribution >= 0.6 is 12.4 Å². The van der Waals surface area contributed by atoms with E-state index in [4.69, 9.17) is 4.98 Å². The Kier molecular flexibility index (Phi) is 7.75. The average molecular weight is 580 g/mol. The summed E-state index contributed by atoms with van der Waals surface area (Å²) in [5.74, 6) is 0.891. The molecule has 6 rings (SSSR count). The van der Waals surface area contributed by atoms with Crippen molar-refractivity contribution in [3.8, 4) is 11.3 Å². The number of hydrogen-bond donors (Lipinski definition) is 1. The number of nitrogens with one attached hydrogen (secondary N) is 1. The fraction of sp³-hybridized carbons (Fsp3) is 0.481. The number of carbonyl (C=O) groups is 1. The molecule has 2 aromatic heterocycles. The lowest BCUT2D eigenvalue weighted by atomic mass is 9.94. The summed E-state index contributed by atoms with van der Waals surface area (Å²) >= 11 is 0. The van der Waals surface area contributed by atoms with Crippen molar-refractivity contribution in [2.24, 2.45) is 0 Å². The SMILES string of the molecule is CN1CCCC(n2cc(-c3ccc(F)c(C(F)(F)F)c3)nc2C2CCN(c3ncnc4c3CC(=O)N4)CC2)C1.Cl. The van der Waals surface area contributed by atoms with Gasteiger partial charge in [-0.3, -0.25) is 4.79 Å². The second-order valence-electron chi connectivity index (χ2n) is 10.7. The molecular weight excluding hydrogens is 550 g/mol. The number of anilines is 2. The van der Waals surface area contributed by atoms with Gasteiger partial charge in [0.05, 0.1) is 17.7 Å². The highest BCUT2D eigenvalue weighted by Crippen LogP contribution is 2.38. The summed E-state index contributed by atoms with van der Waals surface area (Å²) in [5.41, 5.74) is 0.197. The van der Waals surface area contributed by atoms with E-state index in [9.17, 15) is 22.4 Å². The van der Waals surface area contributed by atoms with Gasteiger partial charge in [-0.15, -0.1) is 12.4 Å². The van der Waals surface area contributed by atoms with Gasteiger partial charge in [-0.1, -0.05) is 0 Å². The van der Waals surface area contributed by atoms with E-state index >= 15 is 0 Å². The maximum atomic E-state index is 14.0. The van der Waals surface area contributed by atoms with Gasteiger partial charge in [-0.05, 0) is 57.5 Å². The molecule has 1 aromatic carbocycles. The van der Waals surface area contributed by atoms with Crippen LogP contribution in [0.4, 0.5) is 29.2 Å². The predicted molar refractivity (Wildman–Crippen MR) is 144 cm³/mol. The Morgan fingerprint density at radius 2 is 1.85 bits per heavy atom. The molecule has 13 heteroatoms. The zero-order chi connectivity index (χ0) is 27.3. The lowest BCUT2D eigenvalue weighted by Gasteiger charge is -2.36. The second-order valence-corrected chi connectivity index (χ2v) is 10.7. The number of likely N-dealkylation sites (N-methyl/N-ethyl adjacent to an activating group) is 1. The van der Waals surface area contributed by atoms with Gasteiger partial charge in [-0.25, -0.2) is 19.3 Å². The molecule has 214 valence electrons. The van der Waals surface area contributed by atoms with Gasteiger partial charge in [0.2, 0.25) is 5.91 Å². The molecule has 3 aliphatic heterocycles. The van der Waals surface area contributed by atoms with Crippen LogP contribution in [-0.4, -0.2) is 63.6 Å². The van der Waals surface area contributed by atoms with E-state index in [2.05, 4.69) is 36.7 Å². The molecule has 0 aliphatic carbocycles. The molecule has 0 bridgehead atoms. The Morgan fingerprint density at radius 1 is 1.07 bits per heavy atom. The minimum atomic E-state index is -4.79. The van der Waals surface area contributed by atoms with E-state index in [1.165, 1.54) is 12.4 Å². The van der Waals surface area contributed by atoms with E-state index in [1.54, 1.807) is 0 Å². The predicted octanol–water partition coefficient (Wildman–Crippen LogP) is 5.07. The van der Waals surface area contributed by atoms with Crippen molar-refractivity contribution in [2.75, 3.05) is 43.4 Å². The molecule has 2 fully saturated rings. The number of nitrogens with zero attached hydrogens (tertiary/aromatic N) is 6. The fourth-order valence-corrected chi connectivity index (χ4v) is 6.04. The third-order valence-electron chi connectivity index (χ3n) is 8.00. The normalized spacial score (nSPS) is 20.3. The molecule has 40 heavy (non-hydrogen) atoms. The molecular formula is C27H30ClF4N7O. The van der Waals surface area contributed by atoms with Gasteiger partial charge < -0.3 is 19.7 Å². The standard InChI is InChI=1S/C27H29F4N7O.ClH/c1-36-8-2-3-18(13-36)38-14-22(17-4-5-21(28)20(11-17)27(29,30)31)34-25(38)16-6-9-37(10-7-16)26-19-12-23(39)35-24(19)32-15-33-26;/h4-5,11,14-16,18H,2-3,6-10,12-13H2,1H3,(H,32,33,35,39);1H. The highest BCUT2D eigenvalue weighted by molar-refractivity contribution is 5.99. The van der Waals surface area contributed by atoms with Gasteiger partial charge in [-0.2, -0.15) is 13.2 Å². The summed E-state index contributed by atoms with van der Waals surface area (Å²) < 4.78 is 56.4. The Labute approximate surface area is 235 Å². The summed E-state index contributed by atoms with van der Waals surface area (Å²) in [7, 11) is 2.07. The monoisotopic (exact) mass is 579 g/mol. The minimum Gasteiger partial charge on any atom is -0.356 e. The summed E-state index contributed by atoms with van der Waals surface area (Å²) in [6.07, 6.45) is 2.30. The van der Waals surface area contributed by atoms with Crippen molar-refractivity contribution >= 4 is 29.9 Å². The third kappa shape index (κ3) is 5.38. The number of amides is 1. The van der Waals surface area contributed by atoms with Crippen LogP contribution in [0, 0.1) is 5.82 Å². The first-order chi connectivity index (χ1) is 18.7. The van der Waals surface area contributed by atoms with E-state index in [1.807, 2.05) is 6.20 Å². The number of carbonyl (C=O) groups excluding carboxylic acids is 1. The Balaban J connectivity index is 0.00000323. The molecule has 3 aromatic rings. The van der Waals surface area contributed by atoms with Crippen LogP contribution in [0.15, 0.2) is 30.7 Å². The summed E-state index contributed by atoms with van der Waals surface area (Å²) in [6, 6.07) is 3.24. The van der Waals surface area contributed by atoms with Crippen LogP contribution in [0.25, 0.3) is 11.3 Å². The smallest absolute Gasteiger partial charge is 0.356 e. The zero-order valence-corrected chi connectivity index (χ0v) is 22.7. The lowest BCUT2D eigenvalue weighted by Crippen LogP contribution is -2.37. The van der Waals surface area contributed by atoms with Gasteiger partial charge >= 0.3 is 6.18 Å². The van der Waals surface area contributed by atoms with Crippen molar-refractivity contribution in [1.82, 2.24) is 24.4 Å². The Bertz CT molecular complexity index is 1400. The highest BCUT2D eigenvalue weighted by Gasteiger charge is 2.35. The number of imidazole rings is 1. The molecule has 1 N–H and O–H groups in total. The van der Waals surface area contributed by atoms with Crippen LogP contribution in [-0.2, 0) is 17.4 Å². The number of rotatable bonds is 4. The van der Waals surface area contributed by atoms with Crippen molar-refractivity contribution in [3.05, 3.63) is 53.5 Å². The molecule has 0 saturated carbocycles. The summed E-state index contributed by atoms with van der Waals surface area (Å²) in [4.78, 5) is 29.8. The Hall–Kier alpha value is -3.25. The fourth-order valence-electron chi connectivity index (χ4n) is 6.04. The van der Waals surface area contributed by atoms with E-state index in [0.29, 0.717) is 24.6 Å². The van der Waals surface area contributed by atoms with Crippen molar-refractivity contribution in [2.45, 2.75) is 50.2 Å². The quantitative estimate of drug-likeness (QED) is 0.435. The summed E-state index contributed by atoms with van der Waals surface area (Å²) in [6.45, 7) is 3.22. The first kappa shape index (κ1) is 28.3. The largest absolute Gasteiger partial charge is 0.419 e. The molecule has 5 heterocycles. The number of likely N-dealkylation sites (tertiary alicyclic amines) is 1. The molecule has 8 nitrogen and oxygen atoms in total. The van der Waals surface area contributed by atoms with E-state index < -0.39 is 17.6 Å². The van der Waals surface area contributed by atoms with Gasteiger partial charge in [0.1, 0.15) is 29.6 Å². The van der Waals surface area contributed by atoms with Crippen molar-refractivity contribution in [1.29, 1.82) is 0 Å². The Morgan fingerprint density at radius 3 is 2.58 bits per heavy atom. The molecule has 2 saturated heterocycles. The number of benzene rings is 1. The number of fused-ring (bicyclic) bond motifs is 1. The topological polar surface area (TPSA) is 79.2 Å². The van der Waals surface area contributed by atoms with Gasteiger partial charge in [0, 0.05) is 48.9 Å². The molecule has 3 aliphatic rings. The first-order valence-corrected chi connectivity index (χ1v) is 13.2. The molecule has 1 amide bonds. The number of aromatic nitrogens is 4. The van der Waals surface area contributed by atoms with Gasteiger partial charge in [0.25, 0.3) is 0 Å². The number of hydrogen-bond acceptors (Lipinski definition) is 6. The van der Waals surface area contributed by atoms with Crippen molar-refractivity contribution in [3.63, 3.8) is 0 Å². The molecule has 0 radical (unpaired) electrons. The van der Waals surface area contributed by atoms with Crippen molar-refractivity contribution < 1.29 is 22.4 Å². The average Bonchev–Trinajstić information content (AvgIpc) is 3.52. The van der Waals surface area contributed by atoms with Crippen LogP contribution in [0.5, 0.6) is 0 Å². The summed E-state index contributed by atoms with van der Waals surface area (Å²) in [5, 5.41) is 2.77. The maximum Gasteiger partial charge on any atom is 0.419 e. The van der Waals surface area contributed by atoms with E-state index in [0.717, 1.165) is 68.1 Å². The maximum absolute atomic E-state index is 14.0. The lowest BCUT2D eigenvalue weighted by molar-refractivity contribution is -0.140.